The van der Waals surface area contributed by atoms with Gasteiger partial charge in [0.1, 0.15) is 0 Å². The minimum absolute atomic E-state index is 0.286. The lowest BCUT2D eigenvalue weighted by Crippen LogP contribution is -1.98. The predicted molar refractivity (Wildman–Crippen MR) is 113 cm³/mol. The van der Waals surface area contributed by atoms with E-state index < -0.39 is 5.97 Å². The van der Waals surface area contributed by atoms with Crippen molar-refractivity contribution in [3.8, 4) is 22.5 Å². The maximum atomic E-state index is 11.1. The van der Waals surface area contributed by atoms with Crippen LogP contribution < -0.4 is 0 Å². The van der Waals surface area contributed by atoms with E-state index in [0.717, 1.165) is 39.7 Å². The molecule has 0 atom stereocenters. The Morgan fingerprint density at radius 2 is 1.77 bits per heavy atom. The summed E-state index contributed by atoms with van der Waals surface area (Å²) in [7, 11) is 0. The molecule has 2 N–H and O–H groups in total. The number of aromatic amines is 1. The van der Waals surface area contributed by atoms with Crippen molar-refractivity contribution in [3.63, 3.8) is 0 Å². The van der Waals surface area contributed by atoms with Crippen LogP contribution in [0.4, 0.5) is 0 Å². The first-order valence-electron chi connectivity index (χ1n) is 9.43. The molecule has 0 saturated carbocycles. The molecule has 0 amide bonds. The van der Waals surface area contributed by atoms with E-state index in [1.807, 2.05) is 30.3 Å². The number of carbonyl (C=O) groups is 1. The largest absolute Gasteiger partial charge is 0.478 e. The molecular weight excluding hydrogens is 378 g/mol. The average molecular weight is 395 g/mol. The van der Waals surface area contributed by atoms with Gasteiger partial charge >= 0.3 is 5.97 Å². The molecule has 3 aromatic carbocycles. The SMILES string of the molecule is O=C(O)c1ccc(-c2cccc(Cn3ccc4cc(-c5nn[nH]n5)ccc43)c2)cc1. The molecule has 0 aliphatic heterocycles. The molecule has 2 heterocycles. The first-order chi connectivity index (χ1) is 14.7. The Hall–Kier alpha value is -4.26. The van der Waals surface area contributed by atoms with Crippen molar-refractivity contribution in [1.29, 1.82) is 0 Å². The van der Waals surface area contributed by atoms with Crippen molar-refractivity contribution in [2.75, 3.05) is 0 Å². The van der Waals surface area contributed by atoms with Gasteiger partial charge in [0.2, 0.25) is 5.82 Å². The van der Waals surface area contributed by atoms with Crippen LogP contribution in [0.3, 0.4) is 0 Å². The summed E-state index contributed by atoms with van der Waals surface area (Å²) in [6, 6.07) is 23.4. The lowest BCUT2D eigenvalue weighted by atomic mass is 10.0. The van der Waals surface area contributed by atoms with Crippen molar-refractivity contribution in [3.05, 3.63) is 90.1 Å². The van der Waals surface area contributed by atoms with Crippen LogP contribution in [-0.4, -0.2) is 36.3 Å². The third-order valence-corrected chi connectivity index (χ3v) is 5.12. The van der Waals surface area contributed by atoms with Crippen LogP contribution in [0.15, 0.2) is 79.0 Å². The van der Waals surface area contributed by atoms with Crippen LogP contribution >= 0.6 is 0 Å². The standard InChI is InChI=1S/C23H17N5O2/c29-23(30)17-6-4-16(5-7-17)18-3-1-2-15(12-18)14-28-11-10-19-13-20(8-9-21(19)28)22-24-26-27-25-22/h1-13H,14H2,(H,29,30)(H,24,25,26,27). The Bertz CT molecular complexity index is 1340. The fourth-order valence-corrected chi connectivity index (χ4v) is 3.61. The Kier molecular flexibility index (Phi) is 4.33. The second-order valence-corrected chi connectivity index (χ2v) is 7.04. The van der Waals surface area contributed by atoms with Gasteiger partial charge in [0, 0.05) is 29.2 Å². The quantitative estimate of drug-likeness (QED) is 0.464. The molecule has 0 fully saturated rings. The zero-order valence-corrected chi connectivity index (χ0v) is 15.9. The predicted octanol–water partition coefficient (Wildman–Crippen LogP) is 4.23. The molecule has 0 radical (unpaired) electrons. The lowest BCUT2D eigenvalue weighted by molar-refractivity contribution is 0.0697. The summed E-state index contributed by atoms with van der Waals surface area (Å²) >= 11 is 0. The number of hydrogen-bond donors (Lipinski definition) is 2. The van der Waals surface area contributed by atoms with Crippen LogP contribution in [0.25, 0.3) is 33.4 Å². The monoisotopic (exact) mass is 395 g/mol. The molecule has 7 heteroatoms. The second-order valence-electron chi connectivity index (χ2n) is 7.04. The van der Waals surface area contributed by atoms with E-state index in [0.29, 0.717) is 5.82 Å². The Balaban J connectivity index is 1.42. The molecular formula is C23H17N5O2. The summed E-state index contributed by atoms with van der Waals surface area (Å²) < 4.78 is 2.20. The Morgan fingerprint density at radius 3 is 2.53 bits per heavy atom. The smallest absolute Gasteiger partial charge is 0.335 e. The number of tetrazole rings is 1. The van der Waals surface area contributed by atoms with E-state index >= 15 is 0 Å². The number of fused-ring (bicyclic) bond motifs is 1. The highest BCUT2D eigenvalue weighted by Gasteiger charge is 2.08. The van der Waals surface area contributed by atoms with E-state index in [1.54, 1.807) is 12.1 Å². The van der Waals surface area contributed by atoms with Gasteiger partial charge in [-0.15, -0.1) is 10.2 Å². The molecule has 0 spiro atoms. The van der Waals surface area contributed by atoms with Gasteiger partial charge in [-0.3, -0.25) is 0 Å². The summed E-state index contributed by atoms with van der Waals surface area (Å²) in [6.45, 7) is 0.728. The maximum Gasteiger partial charge on any atom is 0.335 e. The summed E-state index contributed by atoms with van der Waals surface area (Å²) in [6.07, 6.45) is 2.07. The normalized spacial score (nSPS) is 11.1. The lowest BCUT2D eigenvalue weighted by Gasteiger charge is -2.09. The van der Waals surface area contributed by atoms with Gasteiger partial charge in [-0.05, 0) is 64.4 Å². The number of nitrogens with one attached hydrogen (secondary N) is 1. The molecule has 30 heavy (non-hydrogen) atoms. The van der Waals surface area contributed by atoms with E-state index in [4.69, 9.17) is 5.11 Å². The highest BCUT2D eigenvalue weighted by Crippen LogP contribution is 2.25. The van der Waals surface area contributed by atoms with Crippen LogP contribution in [-0.2, 0) is 6.54 Å². The number of aromatic carboxylic acids is 1. The summed E-state index contributed by atoms with van der Waals surface area (Å²) in [4.78, 5) is 11.1. The summed E-state index contributed by atoms with van der Waals surface area (Å²) in [5.74, 6) is -0.344. The van der Waals surface area contributed by atoms with Crippen molar-refractivity contribution in [1.82, 2.24) is 25.2 Å². The number of H-pyrrole nitrogens is 1. The first-order valence-corrected chi connectivity index (χ1v) is 9.43. The topological polar surface area (TPSA) is 96.7 Å². The fraction of sp³-hybridized carbons (Fsp3) is 0.0435. The average Bonchev–Trinajstić information content (AvgIpc) is 3.44. The molecule has 5 aromatic rings. The highest BCUT2D eigenvalue weighted by atomic mass is 16.4. The number of hydrogen-bond acceptors (Lipinski definition) is 4. The zero-order valence-electron chi connectivity index (χ0n) is 15.9. The molecule has 0 unspecified atom stereocenters. The van der Waals surface area contributed by atoms with E-state index in [9.17, 15) is 4.79 Å². The number of aromatic nitrogens is 5. The van der Waals surface area contributed by atoms with Gasteiger partial charge in [0.25, 0.3) is 0 Å². The number of rotatable bonds is 5. The van der Waals surface area contributed by atoms with Crippen molar-refractivity contribution in [2.45, 2.75) is 6.54 Å². The van der Waals surface area contributed by atoms with Gasteiger partial charge in [0.15, 0.2) is 0 Å². The van der Waals surface area contributed by atoms with Gasteiger partial charge in [-0.25, -0.2) is 4.79 Å². The third-order valence-electron chi connectivity index (χ3n) is 5.12. The van der Waals surface area contributed by atoms with Crippen molar-refractivity contribution >= 4 is 16.9 Å². The van der Waals surface area contributed by atoms with Crippen LogP contribution in [0, 0.1) is 0 Å². The fourth-order valence-electron chi connectivity index (χ4n) is 3.61. The van der Waals surface area contributed by atoms with Gasteiger partial charge < -0.3 is 9.67 Å². The third kappa shape index (κ3) is 3.33. The molecule has 5 rings (SSSR count). The number of benzene rings is 3. The molecule has 0 saturated heterocycles. The summed E-state index contributed by atoms with van der Waals surface area (Å²) in [5.41, 5.74) is 5.53. The number of carboxylic acids is 1. The minimum atomic E-state index is -0.919. The zero-order chi connectivity index (χ0) is 20.5. The van der Waals surface area contributed by atoms with Crippen LogP contribution in [0.1, 0.15) is 15.9 Å². The maximum absolute atomic E-state index is 11.1. The molecule has 2 aromatic heterocycles. The number of carboxylic acid groups (broad SMARTS) is 1. The molecule has 146 valence electrons. The van der Waals surface area contributed by atoms with E-state index in [-0.39, 0.29) is 5.56 Å². The van der Waals surface area contributed by atoms with Gasteiger partial charge in [-0.1, -0.05) is 30.3 Å². The van der Waals surface area contributed by atoms with E-state index in [1.165, 1.54) is 0 Å². The minimum Gasteiger partial charge on any atom is -0.478 e. The molecule has 0 bridgehead atoms. The molecule has 7 nitrogen and oxygen atoms in total. The molecule has 0 aliphatic rings. The second kappa shape index (κ2) is 7.29. The van der Waals surface area contributed by atoms with Crippen LogP contribution in [0.2, 0.25) is 0 Å². The molecule has 0 aliphatic carbocycles. The van der Waals surface area contributed by atoms with Gasteiger partial charge in [0.05, 0.1) is 5.56 Å². The van der Waals surface area contributed by atoms with Crippen molar-refractivity contribution < 1.29 is 9.90 Å². The Labute approximate surface area is 171 Å². The first kappa shape index (κ1) is 17.8. The van der Waals surface area contributed by atoms with Gasteiger partial charge in [-0.2, -0.15) is 5.21 Å². The Morgan fingerprint density at radius 1 is 0.933 bits per heavy atom. The summed E-state index contributed by atoms with van der Waals surface area (Å²) in [5, 5.41) is 24.3. The number of nitrogens with zero attached hydrogens (tertiary/aromatic N) is 4. The van der Waals surface area contributed by atoms with Crippen molar-refractivity contribution in [2.24, 2.45) is 0 Å². The van der Waals surface area contributed by atoms with E-state index in [2.05, 4.69) is 61.7 Å². The highest BCUT2D eigenvalue weighted by molar-refractivity contribution is 5.88. The van der Waals surface area contributed by atoms with Crippen LogP contribution in [0.5, 0.6) is 0 Å².